The fourth-order valence-electron chi connectivity index (χ4n) is 3.69. The van der Waals surface area contributed by atoms with Crippen LogP contribution in [0.2, 0.25) is 0 Å². The fourth-order valence-corrected chi connectivity index (χ4v) is 4.17. The Morgan fingerprint density at radius 1 is 0.886 bits per heavy atom. The van der Waals surface area contributed by atoms with Gasteiger partial charge in [0, 0.05) is 10.0 Å². The average Bonchev–Trinajstić information content (AvgIpc) is 2.99. The summed E-state index contributed by atoms with van der Waals surface area (Å²) in [7, 11) is 0. The van der Waals surface area contributed by atoms with Gasteiger partial charge in [0.1, 0.15) is 6.07 Å². The van der Waals surface area contributed by atoms with Crippen LogP contribution in [0.4, 0.5) is 5.69 Å². The van der Waals surface area contributed by atoms with Crippen molar-refractivity contribution >= 4 is 45.5 Å². The van der Waals surface area contributed by atoms with E-state index >= 15 is 0 Å². The number of nitriles is 1. The van der Waals surface area contributed by atoms with E-state index in [1.54, 1.807) is 18.2 Å². The Morgan fingerprint density at radius 3 is 1.66 bits per heavy atom. The number of nitrogen functional groups attached to an aromatic ring is 1. The number of aliphatic hydroxyl groups is 1. The third kappa shape index (κ3) is 10.5. The molecule has 3 atom stereocenters. The van der Waals surface area contributed by atoms with Gasteiger partial charge in [0.2, 0.25) is 12.2 Å². The van der Waals surface area contributed by atoms with Crippen molar-refractivity contribution in [1.29, 1.82) is 5.26 Å². The number of ether oxygens (including phenoxy) is 2. The number of aliphatic hydroxyl groups excluding tert-OH is 1. The summed E-state index contributed by atoms with van der Waals surface area (Å²) in [6, 6.07) is 20.2. The molecule has 0 amide bonds. The number of hydrogen-bond donors (Lipinski definition) is 5. The SMILES string of the molecule is CC(C)(C)NC(CO)c1cc(Br)c(N)c(C#N)c1.O=C(O[C@H](C(=O)O)[C@H](OC(=O)c1ccccc1)C(=O)O)c1ccccc1. The highest BCUT2D eigenvalue weighted by Crippen LogP contribution is 2.28. The minimum atomic E-state index is -2.21. The Kier molecular flexibility index (Phi) is 13.0. The molecule has 6 N–H and O–H groups in total. The summed E-state index contributed by atoms with van der Waals surface area (Å²) >= 11 is 3.33. The Bertz CT molecular complexity index is 1430. The first-order chi connectivity index (χ1) is 20.7. The largest absolute Gasteiger partial charge is 0.478 e. The lowest BCUT2D eigenvalue weighted by Crippen LogP contribution is -2.45. The van der Waals surface area contributed by atoms with Crippen LogP contribution in [0.5, 0.6) is 0 Å². The number of rotatable bonds is 10. The molecule has 44 heavy (non-hydrogen) atoms. The number of carbonyl (C=O) groups excluding carboxylic acids is 2. The summed E-state index contributed by atoms with van der Waals surface area (Å²) in [4.78, 5) is 46.8. The number of hydrogen-bond acceptors (Lipinski definition) is 10. The van der Waals surface area contributed by atoms with E-state index in [1.807, 2.05) is 26.8 Å². The Hall–Kier alpha value is -4.77. The molecule has 0 aromatic heterocycles. The van der Waals surface area contributed by atoms with Crippen LogP contribution in [0, 0.1) is 11.3 Å². The Morgan fingerprint density at radius 2 is 1.32 bits per heavy atom. The molecule has 3 aromatic rings. The first-order valence-electron chi connectivity index (χ1n) is 13.0. The van der Waals surface area contributed by atoms with Crippen LogP contribution in [-0.4, -0.2) is 63.6 Å². The van der Waals surface area contributed by atoms with Gasteiger partial charge in [-0.2, -0.15) is 5.26 Å². The molecule has 232 valence electrons. The maximum Gasteiger partial charge on any atom is 0.349 e. The topological polar surface area (TPSA) is 209 Å². The third-order valence-electron chi connectivity index (χ3n) is 5.71. The predicted molar refractivity (Wildman–Crippen MR) is 163 cm³/mol. The van der Waals surface area contributed by atoms with Gasteiger partial charge in [-0.25, -0.2) is 19.2 Å². The maximum absolute atomic E-state index is 12.0. The van der Waals surface area contributed by atoms with Gasteiger partial charge < -0.3 is 35.8 Å². The van der Waals surface area contributed by atoms with Crippen molar-refractivity contribution in [3.8, 4) is 6.07 Å². The van der Waals surface area contributed by atoms with Crippen LogP contribution in [0.15, 0.2) is 77.3 Å². The van der Waals surface area contributed by atoms with Gasteiger partial charge in [-0.3, -0.25) is 0 Å². The number of esters is 2. The molecule has 0 radical (unpaired) electrons. The molecule has 0 spiro atoms. The number of carboxylic acid groups (broad SMARTS) is 2. The molecule has 0 fully saturated rings. The lowest BCUT2D eigenvalue weighted by atomic mass is 10.00. The minimum absolute atomic E-state index is 0.0253. The highest BCUT2D eigenvalue weighted by molar-refractivity contribution is 9.10. The van der Waals surface area contributed by atoms with Crippen molar-refractivity contribution < 1.29 is 44.0 Å². The zero-order chi connectivity index (χ0) is 33.0. The normalized spacial score (nSPS) is 12.7. The van der Waals surface area contributed by atoms with Crippen molar-refractivity contribution in [2.24, 2.45) is 0 Å². The number of carbonyl (C=O) groups is 4. The number of benzene rings is 3. The number of nitrogens with zero attached hydrogens (tertiary/aromatic N) is 1. The molecule has 1 unspecified atom stereocenters. The number of nitrogens with two attached hydrogens (primary N) is 1. The van der Waals surface area contributed by atoms with E-state index in [1.165, 1.54) is 48.5 Å². The van der Waals surface area contributed by atoms with Crippen molar-refractivity contribution in [3.05, 3.63) is 99.5 Å². The lowest BCUT2D eigenvalue weighted by molar-refractivity contribution is -0.166. The number of anilines is 1. The van der Waals surface area contributed by atoms with Gasteiger partial charge >= 0.3 is 23.9 Å². The molecule has 12 nitrogen and oxygen atoms in total. The van der Waals surface area contributed by atoms with Gasteiger partial charge in [0.05, 0.1) is 35.0 Å². The second-order valence-electron chi connectivity index (χ2n) is 10.3. The quantitative estimate of drug-likeness (QED) is 0.154. The zero-order valence-corrected chi connectivity index (χ0v) is 25.6. The number of nitrogens with one attached hydrogen (secondary N) is 1. The van der Waals surface area contributed by atoms with Crippen LogP contribution in [0.25, 0.3) is 0 Å². The third-order valence-corrected chi connectivity index (χ3v) is 6.37. The van der Waals surface area contributed by atoms with Crippen LogP contribution < -0.4 is 11.1 Å². The van der Waals surface area contributed by atoms with E-state index in [2.05, 4.69) is 27.3 Å². The lowest BCUT2D eigenvalue weighted by Gasteiger charge is -2.28. The summed E-state index contributed by atoms with van der Waals surface area (Å²) in [6.07, 6.45) is -4.43. The van der Waals surface area contributed by atoms with Crippen LogP contribution >= 0.6 is 15.9 Å². The summed E-state index contributed by atoms with van der Waals surface area (Å²) in [5.74, 6) is -5.63. The second-order valence-corrected chi connectivity index (χ2v) is 11.1. The van der Waals surface area contributed by atoms with Crippen molar-refractivity contribution in [3.63, 3.8) is 0 Å². The van der Waals surface area contributed by atoms with Gasteiger partial charge in [-0.1, -0.05) is 36.4 Å². The molecule has 0 aliphatic carbocycles. The highest BCUT2D eigenvalue weighted by atomic mass is 79.9. The molecule has 0 heterocycles. The van der Waals surface area contributed by atoms with E-state index in [4.69, 9.17) is 20.5 Å². The van der Waals surface area contributed by atoms with Crippen LogP contribution in [0.1, 0.15) is 58.7 Å². The molecular weight excluding hydrogens is 638 g/mol. The second kappa shape index (κ2) is 16.2. The smallest absolute Gasteiger partial charge is 0.349 e. The molecule has 3 rings (SSSR count). The van der Waals surface area contributed by atoms with E-state index in [0.29, 0.717) is 15.7 Å². The van der Waals surface area contributed by atoms with E-state index in [0.717, 1.165) is 5.56 Å². The molecule has 0 saturated heterocycles. The van der Waals surface area contributed by atoms with Crippen molar-refractivity contribution in [1.82, 2.24) is 5.32 Å². The fraction of sp³-hybridized carbons (Fsp3) is 0.258. The first-order valence-corrected chi connectivity index (χ1v) is 13.8. The average molecular weight is 671 g/mol. The van der Waals surface area contributed by atoms with E-state index in [-0.39, 0.29) is 29.3 Å². The van der Waals surface area contributed by atoms with E-state index < -0.39 is 36.1 Å². The van der Waals surface area contributed by atoms with Crippen molar-refractivity contribution in [2.75, 3.05) is 12.3 Å². The number of halogens is 1. The molecular formula is C31H32BrN3O9. The summed E-state index contributed by atoms with van der Waals surface area (Å²) < 4.78 is 10.2. The molecule has 0 aliphatic rings. The van der Waals surface area contributed by atoms with Gasteiger partial charge in [-0.15, -0.1) is 0 Å². The monoisotopic (exact) mass is 669 g/mol. The van der Waals surface area contributed by atoms with Gasteiger partial charge in [-0.05, 0) is 78.7 Å². The Balaban J connectivity index is 0.000000329. The van der Waals surface area contributed by atoms with Crippen LogP contribution in [-0.2, 0) is 19.1 Å². The van der Waals surface area contributed by atoms with Crippen LogP contribution in [0.3, 0.4) is 0 Å². The van der Waals surface area contributed by atoms with E-state index in [9.17, 15) is 34.5 Å². The summed E-state index contributed by atoms with van der Waals surface area (Å²) in [6.45, 7) is 6.02. The molecule has 0 saturated carbocycles. The number of carboxylic acids is 2. The summed E-state index contributed by atoms with van der Waals surface area (Å²) in [5.41, 5.74) is 7.37. The molecule has 3 aromatic carbocycles. The van der Waals surface area contributed by atoms with Gasteiger partial charge in [0.15, 0.2) is 0 Å². The van der Waals surface area contributed by atoms with Crippen molar-refractivity contribution in [2.45, 2.75) is 44.6 Å². The minimum Gasteiger partial charge on any atom is -0.478 e. The first kappa shape index (κ1) is 35.4. The molecule has 13 heteroatoms. The zero-order valence-electron chi connectivity index (χ0n) is 24.1. The summed E-state index contributed by atoms with van der Waals surface area (Å²) in [5, 5.41) is 40.3. The standard InChI is InChI=1S/C18H14O8.C13H18BrN3O/c19-15(20)13(25-17(23)11-7-3-1-4-8-11)14(16(21)22)26-18(24)12-9-5-2-6-10-12;1-13(2,3)17-11(7-18)8-4-9(6-15)12(16)10(14)5-8/h1-10,13-14H,(H,19,20)(H,21,22);4-5,11,17-18H,7,16H2,1-3H3/t13-,14-;/m0./s1. The molecule has 0 bridgehead atoms. The molecule has 0 aliphatic heterocycles. The Labute approximate surface area is 262 Å². The predicted octanol–water partition coefficient (Wildman–Crippen LogP) is 3.93. The number of aliphatic carboxylic acids is 2. The maximum atomic E-state index is 12.0. The highest BCUT2D eigenvalue weighted by Gasteiger charge is 2.41. The van der Waals surface area contributed by atoms with Gasteiger partial charge in [0.25, 0.3) is 0 Å².